The van der Waals surface area contributed by atoms with E-state index in [2.05, 4.69) is 4.98 Å². The zero-order valence-corrected chi connectivity index (χ0v) is 9.74. The molecule has 0 saturated carbocycles. The molecule has 0 aliphatic rings. The maximum Gasteiger partial charge on any atom is 0.167 e. The van der Waals surface area contributed by atoms with Gasteiger partial charge in [-0.1, -0.05) is 17.8 Å². The molecule has 0 spiro atoms. The second kappa shape index (κ2) is 4.49. The van der Waals surface area contributed by atoms with Crippen LogP contribution in [0.1, 0.15) is 5.56 Å². The smallest absolute Gasteiger partial charge is 0.167 e. The van der Waals surface area contributed by atoms with Gasteiger partial charge >= 0.3 is 0 Å². The van der Waals surface area contributed by atoms with Crippen LogP contribution in [-0.4, -0.2) is 14.7 Å². The third-order valence-corrected chi connectivity index (χ3v) is 3.37. The first-order valence-corrected chi connectivity index (χ1v) is 5.83. The van der Waals surface area contributed by atoms with Gasteiger partial charge in [0, 0.05) is 25.2 Å². The lowest BCUT2D eigenvalue weighted by molar-refractivity contribution is 0.478. The van der Waals surface area contributed by atoms with Crippen LogP contribution in [0.3, 0.4) is 0 Å². The molecule has 2 aromatic rings. The number of nitrogens with two attached hydrogens (primary N) is 1. The number of aryl methyl sites for hydroxylation is 1. The van der Waals surface area contributed by atoms with E-state index in [4.69, 9.17) is 5.73 Å². The van der Waals surface area contributed by atoms with E-state index < -0.39 is 0 Å². The predicted molar refractivity (Wildman–Crippen MR) is 65.3 cm³/mol. The molecule has 84 valence electrons. The van der Waals surface area contributed by atoms with Gasteiger partial charge in [0.05, 0.1) is 5.69 Å². The molecule has 0 radical (unpaired) electrons. The van der Waals surface area contributed by atoms with Crippen molar-refractivity contribution in [2.24, 2.45) is 7.05 Å². The van der Waals surface area contributed by atoms with Crippen LogP contribution >= 0.6 is 11.8 Å². The number of hydrogen-bond acceptors (Lipinski definition) is 4. The van der Waals surface area contributed by atoms with E-state index in [1.807, 2.05) is 23.9 Å². The molecule has 0 amide bonds. The summed E-state index contributed by atoms with van der Waals surface area (Å²) in [4.78, 5) is 4.22. The summed E-state index contributed by atoms with van der Waals surface area (Å²) in [6.07, 6.45) is 3.68. The summed E-state index contributed by atoms with van der Waals surface area (Å²) in [6, 6.07) is 5.26. The standard InChI is InChI=1S/C11H13N3OS/c1-14-5-4-13-11(14)16-7-8-2-3-10(15)9(12)6-8/h2-6,15H,7,12H2,1H3. The Morgan fingerprint density at radius 2 is 2.31 bits per heavy atom. The van der Waals surface area contributed by atoms with Crippen molar-refractivity contribution in [1.82, 2.24) is 9.55 Å². The normalized spacial score (nSPS) is 10.6. The molecule has 0 atom stereocenters. The van der Waals surface area contributed by atoms with Crippen molar-refractivity contribution in [2.45, 2.75) is 10.9 Å². The SMILES string of the molecule is Cn1ccnc1SCc1ccc(O)c(N)c1. The zero-order valence-electron chi connectivity index (χ0n) is 8.92. The lowest BCUT2D eigenvalue weighted by atomic mass is 10.2. The number of phenolic OH excluding ortho intramolecular Hbond substituents is 1. The van der Waals surface area contributed by atoms with Gasteiger partial charge in [0.2, 0.25) is 0 Å². The molecule has 0 fully saturated rings. The Labute approximate surface area is 98.1 Å². The Balaban J connectivity index is 2.05. The number of hydrogen-bond donors (Lipinski definition) is 2. The van der Waals surface area contributed by atoms with Crippen LogP contribution in [0.4, 0.5) is 5.69 Å². The summed E-state index contributed by atoms with van der Waals surface area (Å²) in [5, 5.41) is 10.3. The van der Waals surface area contributed by atoms with E-state index in [1.54, 1.807) is 30.1 Å². The molecule has 4 nitrogen and oxygen atoms in total. The van der Waals surface area contributed by atoms with Gasteiger partial charge in [-0.2, -0.15) is 0 Å². The average Bonchev–Trinajstić information content (AvgIpc) is 2.66. The predicted octanol–water partition coefficient (Wildman–Crippen LogP) is 2.00. The summed E-state index contributed by atoms with van der Waals surface area (Å²) < 4.78 is 1.97. The number of anilines is 1. The third kappa shape index (κ3) is 2.30. The first-order valence-electron chi connectivity index (χ1n) is 4.84. The van der Waals surface area contributed by atoms with E-state index in [-0.39, 0.29) is 5.75 Å². The number of aromatic hydroxyl groups is 1. The van der Waals surface area contributed by atoms with Crippen LogP contribution < -0.4 is 5.73 Å². The molecule has 5 heteroatoms. The highest BCUT2D eigenvalue weighted by Gasteiger charge is 2.03. The summed E-state index contributed by atoms with van der Waals surface area (Å²) in [6.45, 7) is 0. The fourth-order valence-corrected chi connectivity index (χ4v) is 2.21. The quantitative estimate of drug-likeness (QED) is 0.485. The van der Waals surface area contributed by atoms with Gasteiger partial charge in [0.15, 0.2) is 5.16 Å². The van der Waals surface area contributed by atoms with Gasteiger partial charge < -0.3 is 15.4 Å². The summed E-state index contributed by atoms with van der Waals surface area (Å²) in [5.74, 6) is 0.917. The van der Waals surface area contributed by atoms with Crippen molar-refractivity contribution in [3.05, 3.63) is 36.2 Å². The monoisotopic (exact) mass is 235 g/mol. The molecule has 16 heavy (non-hydrogen) atoms. The highest BCUT2D eigenvalue weighted by atomic mass is 32.2. The largest absolute Gasteiger partial charge is 0.506 e. The zero-order chi connectivity index (χ0) is 11.5. The number of nitrogens with zero attached hydrogens (tertiary/aromatic N) is 2. The van der Waals surface area contributed by atoms with Crippen molar-refractivity contribution in [2.75, 3.05) is 5.73 Å². The highest BCUT2D eigenvalue weighted by Crippen LogP contribution is 2.25. The van der Waals surface area contributed by atoms with E-state index in [9.17, 15) is 5.11 Å². The maximum atomic E-state index is 9.29. The molecule has 1 aromatic carbocycles. The lowest BCUT2D eigenvalue weighted by Crippen LogP contribution is -1.91. The van der Waals surface area contributed by atoms with E-state index in [0.29, 0.717) is 5.69 Å². The van der Waals surface area contributed by atoms with Crippen LogP contribution in [-0.2, 0) is 12.8 Å². The van der Waals surface area contributed by atoms with Crippen molar-refractivity contribution >= 4 is 17.4 Å². The molecule has 1 heterocycles. The Morgan fingerprint density at radius 1 is 1.50 bits per heavy atom. The van der Waals surface area contributed by atoms with Gasteiger partial charge in [-0.05, 0) is 17.7 Å². The molecule has 0 aliphatic heterocycles. The number of nitrogen functional groups attached to an aromatic ring is 1. The minimum absolute atomic E-state index is 0.130. The second-order valence-electron chi connectivity index (χ2n) is 3.50. The lowest BCUT2D eigenvalue weighted by Gasteiger charge is -2.04. The second-order valence-corrected chi connectivity index (χ2v) is 4.45. The molecule has 0 saturated heterocycles. The molecule has 0 aliphatic carbocycles. The fraction of sp³-hybridized carbons (Fsp3) is 0.182. The Bertz CT molecular complexity index is 496. The molecule has 3 N–H and O–H groups in total. The van der Waals surface area contributed by atoms with Crippen LogP contribution in [0.15, 0.2) is 35.7 Å². The first kappa shape index (κ1) is 10.9. The summed E-state index contributed by atoms with van der Waals surface area (Å²) in [5.41, 5.74) is 7.11. The molecule has 0 bridgehead atoms. The first-order chi connectivity index (χ1) is 7.66. The molecule has 0 unspecified atom stereocenters. The Morgan fingerprint density at radius 3 is 2.94 bits per heavy atom. The third-order valence-electron chi connectivity index (χ3n) is 2.24. The molecule has 1 aromatic heterocycles. The van der Waals surface area contributed by atoms with Gasteiger partial charge in [-0.3, -0.25) is 0 Å². The number of phenols is 1. The highest BCUT2D eigenvalue weighted by molar-refractivity contribution is 7.98. The van der Waals surface area contributed by atoms with Crippen LogP contribution in [0.5, 0.6) is 5.75 Å². The molecular formula is C11H13N3OS. The Kier molecular flexibility index (Phi) is 3.05. The minimum Gasteiger partial charge on any atom is -0.506 e. The molecule has 2 rings (SSSR count). The van der Waals surface area contributed by atoms with E-state index >= 15 is 0 Å². The van der Waals surface area contributed by atoms with Crippen LogP contribution in [0.25, 0.3) is 0 Å². The van der Waals surface area contributed by atoms with Crippen molar-refractivity contribution in [1.29, 1.82) is 0 Å². The summed E-state index contributed by atoms with van der Waals surface area (Å²) >= 11 is 1.64. The maximum absolute atomic E-state index is 9.29. The van der Waals surface area contributed by atoms with Gasteiger partial charge in [0.1, 0.15) is 5.75 Å². The van der Waals surface area contributed by atoms with Crippen LogP contribution in [0, 0.1) is 0 Å². The topological polar surface area (TPSA) is 64.1 Å². The minimum atomic E-state index is 0.130. The Hall–Kier alpha value is -1.62. The number of thioether (sulfide) groups is 1. The number of rotatable bonds is 3. The van der Waals surface area contributed by atoms with Gasteiger partial charge in [-0.15, -0.1) is 0 Å². The van der Waals surface area contributed by atoms with Crippen molar-refractivity contribution in [3.8, 4) is 5.75 Å². The van der Waals surface area contributed by atoms with Crippen molar-refractivity contribution in [3.63, 3.8) is 0 Å². The van der Waals surface area contributed by atoms with E-state index in [0.717, 1.165) is 16.5 Å². The van der Waals surface area contributed by atoms with E-state index in [1.165, 1.54) is 0 Å². The molecular weight excluding hydrogens is 222 g/mol. The van der Waals surface area contributed by atoms with Gasteiger partial charge in [-0.25, -0.2) is 4.98 Å². The summed E-state index contributed by atoms with van der Waals surface area (Å²) in [7, 11) is 1.96. The van der Waals surface area contributed by atoms with Gasteiger partial charge in [0.25, 0.3) is 0 Å². The average molecular weight is 235 g/mol. The number of aromatic nitrogens is 2. The fourth-order valence-electron chi connectivity index (χ4n) is 1.33. The number of benzene rings is 1. The van der Waals surface area contributed by atoms with Crippen molar-refractivity contribution < 1.29 is 5.11 Å². The van der Waals surface area contributed by atoms with Crippen LogP contribution in [0.2, 0.25) is 0 Å². The number of imidazole rings is 1.